The van der Waals surface area contributed by atoms with Crippen molar-refractivity contribution in [2.45, 2.75) is 31.7 Å². The van der Waals surface area contributed by atoms with Crippen molar-refractivity contribution in [1.82, 2.24) is 10.3 Å². The molecule has 1 aromatic heterocycles. The van der Waals surface area contributed by atoms with Crippen LogP contribution in [0.3, 0.4) is 0 Å². The highest BCUT2D eigenvalue weighted by molar-refractivity contribution is 6.06. The molecular weight excluding hydrogens is 280 g/mol. The average molecular weight is 298 g/mol. The minimum Gasteiger partial charge on any atom is -0.481 e. The van der Waals surface area contributed by atoms with Gasteiger partial charge >= 0.3 is 5.97 Å². The number of benzene rings is 1. The minimum atomic E-state index is -0.730. The van der Waals surface area contributed by atoms with Gasteiger partial charge in [0.1, 0.15) is 0 Å². The molecule has 2 aromatic rings. The van der Waals surface area contributed by atoms with E-state index in [0.717, 1.165) is 23.6 Å². The molecule has 0 spiro atoms. The SMILES string of the molecule is O=C(NC1CCC(C(=O)O)CC1)c1cccc2cnccc12. The summed E-state index contributed by atoms with van der Waals surface area (Å²) in [6.07, 6.45) is 6.10. The van der Waals surface area contributed by atoms with Crippen LogP contribution in [0.25, 0.3) is 10.8 Å². The van der Waals surface area contributed by atoms with Crippen LogP contribution in [0, 0.1) is 5.92 Å². The number of carbonyl (C=O) groups excluding carboxylic acids is 1. The molecule has 1 aromatic carbocycles. The van der Waals surface area contributed by atoms with Crippen LogP contribution in [0.1, 0.15) is 36.0 Å². The molecule has 2 N–H and O–H groups in total. The lowest BCUT2D eigenvalue weighted by Gasteiger charge is -2.27. The zero-order valence-electron chi connectivity index (χ0n) is 12.2. The van der Waals surface area contributed by atoms with Gasteiger partial charge < -0.3 is 10.4 Å². The largest absolute Gasteiger partial charge is 0.481 e. The van der Waals surface area contributed by atoms with E-state index in [1.165, 1.54) is 0 Å². The number of carbonyl (C=O) groups is 2. The Bertz CT molecular complexity index is 701. The van der Waals surface area contributed by atoms with Gasteiger partial charge in [-0.05, 0) is 43.2 Å². The lowest BCUT2D eigenvalue weighted by Crippen LogP contribution is -2.38. The van der Waals surface area contributed by atoms with E-state index in [0.29, 0.717) is 18.4 Å². The highest BCUT2D eigenvalue weighted by atomic mass is 16.4. The van der Waals surface area contributed by atoms with Gasteiger partial charge in [-0.2, -0.15) is 0 Å². The maximum Gasteiger partial charge on any atom is 0.306 e. The van der Waals surface area contributed by atoms with E-state index in [9.17, 15) is 9.59 Å². The summed E-state index contributed by atoms with van der Waals surface area (Å²) in [7, 11) is 0. The molecule has 0 saturated heterocycles. The summed E-state index contributed by atoms with van der Waals surface area (Å²) in [5.41, 5.74) is 0.639. The summed E-state index contributed by atoms with van der Waals surface area (Å²) in [4.78, 5) is 27.5. The van der Waals surface area contributed by atoms with E-state index in [2.05, 4.69) is 10.3 Å². The quantitative estimate of drug-likeness (QED) is 0.913. The van der Waals surface area contributed by atoms with Gasteiger partial charge in [0.05, 0.1) is 5.92 Å². The molecule has 1 amide bonds. The number of carboxylic acid groups (broad SMARTS) is 1. The fourth-order valence-electron chi connectivity index (χ4n) is 3.07. The second kappa shape index (κ2) is 6.13. The number of hydrogen-bond acceptors (Lipinski definition) is 3. The number of aliphatic carboxylic acids is 1. The summed E-state index contributed by atoms with van der Waals surface area (Å²) in [6.45, 7) is 0. The number of fused-ring (bicyclic) bond motifs is 1. The third-order valence-electron chi connectivity index (χ3n) is 4.34. The van der Waals surface area contributed by atoms with Gasteiger partial charge in [0.2, 0.25) is 0 Å². The fourth-order valence-corrected chi connectivity index (χ4v) is 3.07. The standard InChI is InChI=1S/C17H18N2O3/c20-16(19-13-6-4-11(5-7-13)17(21)22)15-3-1-2-12-10-18-9-8-14(12)15/h1-3,8-11,13H,4-7H2,(H,19,20)(H,21,22). The Morgan fingerprint density at radius 2 is 1.91 bits per heavy atom. The molecule has 1 aliphatic carbocycles. The average Bonchev–Trinajstić information content (AvgIpc) is 2.54. The molecule has 1 saturated carbocycles. The van der Waals surface area contributed by atoms with Crippen molar-refractivity contribution in [2.75, 3.05) is 0 Å². The second-order valence-electron chi connectivity index (χ2n) is 5.76. The van der Waals surface area contributed by atoms with Crippen LogP contribution in [-0.2, 0) is 4.79 Å². The summed E-state index contributed by atoms with van der Waals surface area (Å²) in [5, 5.41) is 13.9. The van der Waals surface area contributed by atoms with Gasteiger partial charge in [-0.3, -0.25) is 14.6 Å². The highest BCUT2D eigenvalue weighted by Crippen LogP contribution is 2.25. The van der Waals surface area contributed by atoms with E-state index in [4.69, 9.17) is 5.11 Å². The van der Waals surface area contributed by atoms with Crippen LogP contribution in [0.15, 0.2) is 36.7 Å². The number of hydrogen-bond donors (Lipinski definition) is 2. The van der Waals surface area contributed by atoms with Crippen molar-refractivity contribution >= 4 is 22.6 Å². The Balaban J connectivity index is 1.71. The molecule has 0 radical (unpaired) electrons. The third kappa shape index (κ3) is 2.93. The topological polar surface area (TPSA) is 79.3 Å². The predicted octanol–water partition coefficient (Wildman–Crippen LogP) is 2.61. The molecule has 1 heterocycles. The molecule has 1 fully saturated rings. The van der Waals surface area contributed by atoms with Crippen molar-refractivity contribution in [2.24, 2.45) is 5.92 Å². The van der Waals surface area contributed by atoms with E-state index in [-0.39, 0.29) is 17.9 Å². The molecule has 0 atom stereocenters. The summed E-state index contributed by atoms with van der Waals surface area (Å²) in [5.74, 6) is -1.10. The molecule has 5 nitrogen and oxygen atoms in total. The van der Waals surface area contributed by atoms with Crippen molar-refractivity contribution in [3.63, 3.8) is 0 Å². The first-order chi connectivity index (χ1) is 10.6. The minimum absolute atomic E-state index is 0.0557. The van der Waals surface area contributed by atoms with Crippen molar-refractivity contribution in [3.8, 4) is 0 Å². The van der Waals surface area contributed by atoms with Gasteiger partial charge in [-0.25, -0.2) is 0 Å². The summed E-state index contributed by atoms with van der Waals surface area (Å²) in [6, 6.07) is 7.48. The van der Waals surface area contributed by atoms with Crippen LogP contribution in [0.4, 0.5) is 0 Å². The molecule has 0 aliphatic heterocycles. The third-order valence-corrected chi connectivity index (χ3v) is 4.34. The number of nitrogens with one attached hydrogen (secondary N) is 1. The lowest BCUT2D eigenvalue weighted by atomic mass is 9.86. The van der Waals surface area contributed by atoms with Crippen molar-refractivity contribution < 1.29 is 14.7 Å². The molecule has 0 unspecified atom stereocenters. The number of aromatic nitrogens is 1. The van der Waals surface area contributed by atoms with Gasteiger partial charge in [0, 0.05) is 29.4 Å². The number of rotatable bonds is 3. The number of amides is 1. The Kier molecular flexibility index (Phi) is 4.04. The van der Waals surface area contributed by atoms with Gasteiger partial charge in [-0.1, -0.05) is 12.1 Å². The zero-order valence-corrected chi connectivity index (χ0v) is 12.2. The summed E-state index contributed by atoms with van der Waals surface area (Å²) < 4.78 is 0. The van der Waals surface area contributed by atoms with Crippen molar-refractivity contribution in [1.29, 1.82) is 0 Å². The Hall–Kier alpha value is -2.43. The van der Waals surface area contributed by atoms with Gasteiger partial charge in [-0.15, -0.1) is 0 Å². The number of nitrogens with zero attached hydrogens (tertiary/aromatic N) is 1. The Morgan fingerprint density at radius 3 is 2.64 bits per heavy atom. The predicted molar refractivity (Wildman–Crippen MR) is 82.6 cm³/mol. The second-order valence-corrected chi connectivity index (χ2v) is 5.76. The normalized spacial score (nSPS) is 21.5. The van der Waals surface area contributed by atoms with Gasteiger partial charge in [0.15, 0.2) is 0 Å². The van der Waals surface area contributed by atoms with Crippen LogP contribution < -0.4 is 5.32 Å². The lowest BCUT2D eigenvalue weighted by molar-refractivity contribution is -0.142. The maximum atomic E-state index is 12.5. The Labute approximate surface area is 128 Å². The van der Waals surface area contributed by atoms with Gasteiger partial charge in [0.25, 0.3) is 5.91 Å². The smallest absolute Gasteiger partial charge is 0.306 e. The highest BCUT2D eigenvalue weighted by Gasteiger charge is 2.27. The number of pyridine rings is 1. The molecule has 0 bridgehead atoms. The molecule has 5 heteroatoms. The molecular formula is C17H18N2O3. The first-order valence-corrected chi connectivity index (χ1v) is 7.51. The van der Waals surface area contributed by atoms with E-state index >= 15 is 0 Å². The zero-order chi connectivity index (χ0) is 15.5. The van der Waals surface area contributed by atoms with E-state index in [1.807, 2.05) is 18.2 Å². The van der Waals surface area contributed by atoms with Crippen LogP contribution in [0.2, 0.25) is 0 Å². The molecule has 1 aliphatic rings. The van der Waals surface area contributed by atoms with E-state index in [1.54, 1.807) is 18.5 Å². The fraction of sp³-hybridized carbons (Fsp3) is 0.353. The van der Waals surface area contributed by atoms with Crippen LogP contribution in [-0.4, -0.2) is 28.0 Å². The maximum absolute atomic E-state index is 12.5. The first-order valence-electron chi connectivity index (χ1n) is 7.51. The Morgan fingerprint density at radius 1 is 1.14 bits per heavy atom. The van der Waals surface area contributed by atoms with E-state index < -0.39 is 5.97 Å². The molecule has 22 heavy (non-hydrogen) atoms. The summed E-state index contributed by atoms with van der Waals surface area (Å²) >= 11 is 0. The van der Waals surface area contributed by atoms with Crippen LogP contribution >= 0.6 is 0 Å². The van der Waals surface area contributed by atoms with Crippen molar-refractivity contribution in [3.05, 3.63) is 42.2 Å². The number of carboxylic acids is 1. The first kappa shape index (κ1) is 14.5. The molecule has 3 rings (SSSR count). The molecule has 114 valence electrons. The van der Waals surface area contributed by atoms with Crippen LogP contribution in [0.5, 0.6) is 0 Å². The monoisotopic (exact) mass is 298 g/mol.